The highest BCUT2D eigenvalue weighted by Gasteiger charge is 2.32. The van der Waals surface area contributed by atoms with E-state index in [-0.39, 0.29) is 5.56 Å². The molecule has 0 aliphatic carbocycles. The Hall–Kier alpha value is -2.32. The second-order valence-corrected chi connectivity index (χ2v) is 5.41. The van der Waals surface area contributed by atoms with Gasteiger partial charge in [-0.15, -0.1) is 0 Å². The number of nitrogens with zero attached hydrogens (tertiary/aromatic N) is 2. The Labute approximate surface area is 125 Å². The first kappa shape index (κ1) is 17.7. The number of aromatic nitrogens is 1. The molecule has 1 N–H and O–H groups in total. The predicted molar refractivity (Wildman–Crippen MR) is 70.7 cm³/mol. The van der Waals surface area contributed by atoms with Crippen molar-refractivity contribution in [3.63, 3.8) is 0 Å². The summed E-state index contributed by atoms with van der Waals surface area (Å²) in [4.78, 5) is 26.6. The number of ether oxygens (including phenoxy) is 1. The summed E-state index contributed by atoms with van der Waals surface area (Å²) in [5.74, 6) is -0.730. The van der Waals surface area contributed by atoms with E-state index in [1.54, 1.807) is 20.8 Å². The first-order chi connectivity index (χ1) is 9.90. The number of hydrogen-bond acceptors (Lipinski definition) is 4. The molecule has 0 spiro atoms. The minimum atomic E-state index is -4.58. The average Bonchev–Trinajstić information content (AvgIpc) is 2.34. The van der Waals surface area contributed by atoms with Crippen LogP contribution in [0.25, 0.3) is 0 Å². The molecule has 0 radical (unpaired) electrons. The first-order valence-corrected chi connectivity index (χ1v) is 6.21. The fraction of sp³-hybridized carbons (Fsp3) is 0.462. The molecular weight excluding hydrogens is 303 g/mol. The van der Waals surface area contributed by atoms with Crippen LogP contribution in [0.1, 0.15) is 36.8 Å². The molecule has 0 aliphatic rings. The zero-order valence-electron chi connectivity index (χ0n) is 12.5. The third-order valence-corrected chi connectivity index (χ3v) is 2.26. The van der Waals surface area contributed by atoms with Crippen molar-refractivity contribution in [1.82, 2.24) is 15.4 Å². The standard InChI is InChI=1S/C13H16F3N3O3/c1-12(2,3)22-11(21)18-19(4)10(20)8-5-6-9(17-7-8)13(14,15)16/h5-7H,1-4H3,(H,18,21). The molecule has 9 heteroatoms. The summed E-state index contributed by atoms with van der Waals surface area (Å²) in [7, 11) is 1.24. The maximum absolute atomic E-state index is 12.4. The lowest BCUT2D eigenvalue weighted by atomic mass is 10.2. The van der Waals surface area contributed by atoms with Crippen LogP contribution in [0.5, 0.6) is 0 Å². The molecule has 0 fully saturated rings. The normalized spacial score (nSPS) is 11.8. The summed E-state index contributed by atoms with van der Waals surface area (Å²) >= 11 is 0. The highest BCUT2D eigenvalue weighted by molar-refractivity contribution is 5.94. The quantitative estimate of drug-likeness (QED) is 0.808. The second-order valence-electron chi connectivity index (χ2n) is 5.41. The first-order valence-electron chi connectivity index (χ1n) is 6.21. The number of hydrogen-bond donors (Lipinski definition) is 1. The second kappa shape index (κ2) is 6.20. The minimum Gasteiger partial charge on any atom is -0.443 e. The van der Waals surface area contributed by atoms with Crippen molar-refractivity contribution in [1.29, 1.82) is 0 Å². The van der Waals surface area contributed by atoms with Crippen molar-refractivity contribution in [2.45, 2.75) is 32.5 Å². The number of amides is 2. The SMILES string of the molecule is CN(NC(=O)OC(C)(C)C)C(=O)c1ccc(C(F)(F)F)nc1. The Morgan fingerprint density at radius 3 is 2.23 bits per heavy atom. The van der Waals surface area contributed by atoms with E-state index in [2.05, 4.69) is 10.4 Å². The van der Waals surface area contributed by atoms with E-state index < -0.39 is 29.5 Å². The van der Waals surface area contributed by atoms with Crippen LogP contribution in [0.15, 0.2) is 18.3 Å². The van der Waals surface area contributed by atoms with E-state index in [9.17, 15) is 22.8 Å². The Kier molecular flexibility index (Phi) is 5.00. The Bertz CT molecular complexity index is 550. The molecule has 1 aromatic heterocycles. The largest absolute Gasteiger partial charge is 0.443 e. The molecule has 1 aromatic rings. The number of pyridine rings is 1. The minimum absolute atomic E-state index is 0.105. The van der Waals surface area contributed by atoms with E-state index >= 15 is 0 Å². The Morgan fingerprint density at radius 1 is 1.23 bits per heavy atom. The number of halogens is 3. The van der Waals surface area contributed by atoms with Gasteiger partial charge >= 0.3 is 12.3 Å². The van der Waals surface area contributed by atoms with E-state index in [0.29, 0.717) is 6.07 Å². The zero-order valence-corrected chi connectivity index (χ0v) is 12.5. The highest BCUT2D eigenvalue weighted by Crippen LogP contribution is 2.27. The molecule has 0 unspecified atom stereocenters. The van der Waals surface area contributed by atoms with E-state index in [4.69, 9.17) is 4.74 Å². The summed E-state index contributed by atoms with van der Waals surface area (Å²) in [6, 6.07) is 1.67. The van der Waals surface area contributed by atoms with Crippen molar-refractivity contribution in [3.8, 4) is 0 Å². The van der Waals surface area contributed by atoms with Crippen LogP contribution in [0, 0.1) is 0 Å². The summed E-state index contributed by atoms with van der Waals surface area (Å²) in [6.45, 7) is 4.94. The Morgan fingerprint density at radius 2 is 1.82 bits per heavy atom. The molecule has 0 aliphatic heterocycles. The van der Waals surface area contributed by atoms with Crippen LogP contribution in [0.3, 0.4) is 0 Å². The van der Waals surface area contributed by atoms with Gasteiger partial charge in [-0.2, -0.15) is 13.2 Å². The van der Waals surface area contributed by atoms with Gasteiger partial charge in [-0.25, -0.2) is 10.2 Å². The van der Waals surface area contributed by atoms with Gasteiger partial charge < -0.3 is 4.74 Å². The molecule has 1 heterocycles. The highest BCUT2D eigenvalue weighted by atomic mass is 19.4. The van der Waals surface area contributed by atoms with Gasteiger partial charge in [-0.1, -0.05) is 0 Å². The topological polar surface area (TPSA) is 71.5 Å². The summed E-state index contributed by atoms with van der Waals surface area (Å²) in [5, 5.41) is 0.804. The molecular formula is C13H16F3N3O3. The average molecular weight is 319 g/mol. The van der Waals surface area contributed by atoms with E-state index in [1.807, 2.05) is 0 Å². The van der Waals surface area contributed by atoms with Gasteiger partial charge in [0.1, 0.15) is 11.3 Å². The van der Waals surface area contributed by atoms with Gasteiger partial charge in [-0.3, -0.25) is 14.8 Å². The fourth-order valence-electron chi connectivity index (χ4n) is 1.37. The fourth-order valence-corrected chi connectivity index (χ4v) is 1.37. The molecule has 0 atom stereocenters. The van der Waals surface area contributed by atoms with Crippen LogP contribution in [0.4, 0.5) is 18.0 Å². The number of carbonyl (C=O) groups excluding carboxylic acids is 2. The number of nitrogens with one attached hydrogen (secondary N) is 1. The van der Waals surface area contributed by atoms with Crippen LogP contribution in [0.2, 0.25) is 0 Å². The van der Waals surface area contributed by atoms with Gasteiger partial charge in [0, 0.05) is 13.2 Å². The van der Waals surface area contributed by atoms with Crippen molar-refractivity contribution in [2.75, 3.05) is 7.05 Å². The van der Waals surface area contributed by atoms with Gasteiger partial charge in [0.15, 0.2) is 0 Å². The van der Waals surface area contributed by atoms with Gasteiger partial charge in [0.2, 0.25) is 0 Å². The van der Waals surface area contributed by atoms with Crippen LogP contribution < -0.4 is 5.43 Å². The van der Waals surface area contributed by atoms with Gasteiger partial charge in [0.05, 0.1) is 5.56 Å². The monoisotopic (exact) mass is 319 g/mol. The molecule has 1 rings (SSSR count). The van der Waals surface area contributed by atoms with Crippen molar-refractivity contribution in [2.24, 2.45) is 0 Å². The molecule has 2 amide bonds. The molecule has 22 heavy (non-hydrogen) atoms. The summed E-state index contributed by atoms with van der Waals surface area (Å²) < 4.78 is 42.1. The molecule has 0 aromatic carbocycles. The molecule has 122 valence electrons. The maximum Gasteiger partial charge on any atom is 0.433 e. The molecule has 6 nitrogen and oxygen atoms in total. The third-order valence-electron chi connectivity index (χ3n) is 2.26. The van der Waals surface area contributed by atoms with Crippen LogP contribution in [-0.2, 0) is 10.9 Å². The van der Waals surface area contributed by atoms with Crippen molar-refractivity contribution in [3.05, 3.63) is 29.6 Å². The summed E-state index contributed by atoms with van der Waals surface area (Å²) in [5.41, 5.74) is 0.196. The van der Waals surface area contributed by atoms with Crippen molar-refractivity contribution < 1.29 is 27.5 Å². The van der Waals surface area contributed by atoms with Crippen LogP contribution in [-0.4, -0.2) is 34.6 Å². The van der Waals surface area contributed by atoms with Crippen LogP contribution >= 0.6 is 0 Å². The number of hydrazine groups is 1. The smallest absolute Gasteiger partial charge is 0.433 e. The van der Waals surface area contributed by atoms with Gasteiger partial charge in [-0.05, 0) is 32.9 Å². The number of carbonyl (C=O) groups is 2. The lowest BCUT2D eigenvalue weighted by Crippen LogP contribution is -2.45. The molecule has 0 saturated carbocycles. The number of alkyl halides is 3. The Balaban J connectivity index is 2.73. The maximum atomic E-state index is 12.4. The lowest BCUT2D eigenvalue weighted by molar-refractivity contribution is -0.141. The van der Waals surface area contributed by atoms with E-state index in [1.165, 1.54) is 7.05 Å². The zero-order chi connectivity index (χ0) is 17.1. The van der Waals surface area contributed by atoms with E-state index in [0.717, 1.165) is 17.3 Å². The predicted octanol–water partition coefficient (Wildman–Crippen LogP) is 2.61. The number of rotatable bonds is 1. The lowest BCUT2D eigenvalue weighted by Gasteiger charge is -2.23. The molecule has 0 saturated heterocycles. The van der Waals surface area contributed by atoms with Crippen molar-refractivity contribution >= 4 is 12.0 Å². The molecule has 0 bridgehead atoms. The van der Waals surface area contributed by atoms with Gasteiger partial charge in [0.25, 0.3) is 5.91 Å². The third kappa shape index (κ3) is 5.23. The summed E-state index contributed by atoms with van der Waals surface area (Å²) in [6.07, 6.45) is -4.65.